The molecule has 0 aromatic carbocycles. The van der Waals surface area contributed by atoms with Gasteiger partial charge in [-0.3, -0.25) is 0 Å². The molecule has 0 spiro atoms. The number of imidazole rings is 1. The maximum Gasteiger partial charge on any atom is 0.262 e. The van der Waals surface area contributed by atoms with Crippen molar-refractivity contribution in [1.29, 1.82) is 0 Å². The van der Waals surface area contributed by atoms with Gasteiger partial charge in [-0.05, 0) is 25.8 Å². The first-order valence-electron chi connectivity index (χ1n) is 6.75. The zero-order chi connectivity index (χ0) is 13.9. The number of aryl methyl sites for hydroxylation is 1. The lowest BCUT2D eigenvalue weighted by atomic mass is 10.2. The van der Waals surface area contributed by atoms with Crippen molar-refractivity contribution in [1.82, 2.24) is 19.2 Å². The minimum atomic E-state index is -3.47. The van der Waals surface area contributed by atoms with Crippen molar-refractivity contribution < 1.29 is 8.42 Å². The number of hydrogen-bond acceptors (Lipinski definition) is 4. The van der Waals surface area contributed by atoms with Crippen molar-refractivity contribution in [3.63, 3.8) is 0 Å². The summed E-state index contributed by atoms with van der Waals surface area (Å²) in [6.45, 7) is 4.04. The van der Waals surface area contributed by atoms with E-state index < -0.39 is 10.0 Å². The number of rotatable bonds is 6. The molecule has 2 rings (SSSR count). The fourth-order valence-corrected chi connectivity index (χ4v) is 3.92. The molecule has 6 nitrogen and oxygen atoms in total. The lowest BCUT2D eigenvalue weighted by Crippen LogP contribution is -2.41. The Morgan fingerprint density at radius 2 is 2.37 bits per heavy atom. The third-order valence-corrected chi connectivity index (χ3v) is 5.10. The third kappa shape index (κ3) is 3.34. The second-order valence-electron chi connectivity index (χ2n) is 5.03. The maximum atomic E-state index is 12.5. The van der Waals surface area contributed by atoms with Crippen LogP contribution in [0.5, 0.6) is 0 Å². The number of sulfonamides is 1. The first kappa shape index (κ1) is 14.5. The van der Waals surface area contributed by atoms with Gasteiger partial charge in [0.1, 0.15) is 0 Å². The minimum Gasteiger partial charge on any atom is -0.339 e. The molecule has 0 radical (unpaired) electrons. The highest BCUT2D eigenvalue weighted by Crippen LogP contribution is 2.16. The van der Waals surface area contributed by atoms with Crippen LogP contribution in [0.4, 0.5) is 0 Å². The molecule has 1 atom stereocenters. The van der Waals surface area contributed by atoms with E-state index >= 15 is 0 Å². The van der Waals surface area contributed by atoms with E-state index in [1.54, 1.807) is 22.1 Å². The Bertz CT molecular complexity index is 506. The highest BCUT2D eigenvalue weighted by atomic mass is 32.2. The topological polar surface area (TPSA) is 67.2 Å². The molecule has 7 heteroatoms. The largest absolute Gasteiger partial charge is 0.339 e. The summed E-state index contributed by atoms with van der Waals surface area (Å²) < 4.78 is 28.3. The SMILES string of the molecule is CCCN(CC1CCCN1)S(=O)(=O)c1cn(C)cn1. The Hall–Kier alpha value is -0.920. The molecular weight excluding hydrogens is 264 g/mol. The Morgan fingerprint density at radius 1 is 1.58 bits per heavy atom. The molecule has 1 N–H and O–H groups in total. The van der Waals surface area contributed by atoms with Crippen LogP contribution in [0, 0.1) is 0 Å². The van der Waals surface area contributed by atoms with Gasteiger partial charge in [-0.25, -0.2) is 13.4 Å². The van der Waals surface area contributed by atoms with Crippen LogP contribution in [0.3, 0.4) is 0 Å². The Kier molecular flexibility index (Phi) is 4.59. The maximum absolute atomic E-state index is 12.5. The average Bonchev–Trinajstić information content (AvgIpc) is 3.00. The molecule has 1 saturated heterocycles. The molecule has 0 bridgehead atoms. The molecule has 2 heterocycles. The lowest BCUT2D eigenvalue weighted by Gasteiger charge is -2.23. The van der Waals surface area contributed by atoms with Gasteiger partial charge in [-0.1, -0.05) is 6.92 Å². The number of nitrogens with zero attached hydrogens (tertiary/aromatic N) is 3. The quantitative estimate of drug-likeness (QED) is 0.830. The fraction of sp³-hybridized carbons (Fsp3) is 0.750. The first-order chi connectivity index (χ1) is 9.04. The van der Waals surface area contributed by atoms with Gasteiger partial charge >= 0.3 is 0 Å². The van der Waals surface area contributed by atoms with Gasteiger partial charge in [0, 0.05) is 32.4 Å². The summed E-state index contributed by atoms with van der Waals surface area (Å²) in [6, 6.07) is 0.269. The smallest absolute Gasteiger partial charge is 0.262 e. The van der Waals surface area contributed by atoms with E-state index in [0.717, 1.165) is 25.8 Å². The summed E-state index contributed by atoms with van der Waals surface area (Å²) in [5.41, 5.74) is 0. The van der Waals surface area contributed by atoms with Crippen molar-refractivity contribution in [2.24, 2.45) is 7.05 Å². The molecule has 1 aliphatic heterocycles. The molecular formula is C12H22N4O2S. The van der Waals surface area contributed by atoms with Gasteiger partial charge in [0.25, 0.3) is 10.0 Å². The van der Waals surface area contributed by atoms with E-state index in [1.165, 1.54) is 6.33 Å². The summed E-state index contributed by atoms with van der Waals surface area (Å²) in [4.78, 5) is 3.98. The van der Waals surface area contributed by atoms with E-state index in [0.29, 0.717) is 13.1 Å². The molecule has 1 aromatic rings. The minimum absolute atomic E-state index is 0.140. The van der Waals surface area contributed by atoms with Crippen molar-refractivity contribution >= 4 is 10.0 Å². The highest BCUT2D eigenvalue weighted by molar-refractivity contribution is 7.89. The van der Waals surface area contributed by atoms with E-state index in [1.807, 2.05) is 6.92 Å². The molecule has 19 heavy (non-hydrogen) atoms. The lowest BCUT2D eigenvalue weighted by molar-refractivity contribution is 0.368. The molecule has 1 aromatic heterocycles. The van der Waals surface area contributed by atoms with Gasteiger partial charge in [0.15, 0.2) is 5.03 Å². The van der Waals surface area contributed by atoms with Crippen molar-refractivity contribution in [2.45, 2.75) is 37.3 Å². The van der Waals surface area contributed by atoms with Crippen molar-refractivity contribution in [3.05, 3.63) is 12.5 Å². The predicted molar refractivity (Wildman–Crippen MR) is 73.3 cm³/mol. The number of nitrogens with one attached hydrogen (secondary N) is 1. The molecule has 1 aliphatic rings. The van der Waals surface area contributed by atoms with Crippen LogP contribution in [-0.2, 0) is 17.1 Å². The standard InChI is InChI=1S/C12H22N4O2S/c1-3-7-16(8-11-5-4-6-13-11)19(17,18)12-9-15(2)10-14-12/h9-11,13H,3-8H2,1-2H3. The normalized spacial score (nSPS) is 20.3. The Balaban J connectivity index is 2.16. The zero-order valence-corrected chi connectivity index (χ0v) is 12.4. The summed E-state index contributed by atoms with van der Waals surface area (Å²) in [7, 11) is -1.70. The number of hydrogen-bond donors (Lipinski definition) is 1. The van der Waals surface area contributed by atoms with Crippen LogP contribution in [0.25, 0.3) is 0 Å². The van der Waals surface area contributed by atoms with Crippen LogP contribution in [0.15, 0.2) is 17.6 Å². The average molecular weight is 286 g/mol. The van der Waals surface area contributed by atoms with Crippen molar-refractivity contribution in [3.8, 4) is 0 Å². The predicted octanol–water partition coefficient (Wildman–Crippen LogP) is 0.573. The summed E-state index contributed by atoms with van der Waals surface area (Å²) in [5.74, 6) is 0. The van der Waals surface area contributed by atoms with Crippen LogP contribution >= 0.6 is 0 Å². The van der Waals surface area contributed by atoms with E-state index in [2.05, 4.69) is 10.3 Å². The molecule has 1 fully saturated rings. The molecule has 1 unspecified atom stereocenters. The zero-order valence-electron chi connectivity index (χ0n) is 11.5. The van der Waals surface area contributed by atoms with E-state index in [4.69, 9.17) is 0 Å². The molecule has 0 aliphatic carbocycles. The van der Waals surface area contributed by atoms with Gasteiger partial charge in [0.2, 0.25) is 0 Å². The second-order valence-corrected chi connectivity index (χ2v) is 6.92. The summed E-state index contributed by atoms with van der Waals surface area (Å²) in [6.07, 6.45) is 6.04. The van der Waals surface area contributed by atoms with Gasteiger partial charge < -0.3 is 9.88 Å². The summed E-state index contributed by atoms with van der Waals surface area (Å²) in [5, 5.41) is 3.48. The van der Waals surface area contributed by atoms with Gasteiger partial charge in [-0.2, -0.15) is 4.31 Å². The Labute approximate surface area is 114 Å². The van der Waals surface area contributed by atoms with Crippen LogP contribution in [0.2, 0.25) is 0 Å². The Morgan fingerprint density at radius 3 is 2.89 bits per heavy atom. The van der Waals surface area contributed by atoms with Crippen LogP contribution in [-0.4, -0.2) is 48.0 Å². The first-order valence-corrected chi connectivity index (χ1v) is 8.19. The highest BCUT2D eigenvalue weighted by Gasteiger charge is 2.29. The molecule has 0 saturated carbocycles. The van der Waals surface area contributed by atoms with Gasteiger partial charge in [-0.15, -0.1) is 0 Å². The molecule has 108 valence electrons. The van der Waals surface area contributed by atoms with E-state index in [9.17, 15) is 8.42 Å². The van der Waals surface area contributed by atoms with Crippen LogP contribution in [0.1, 0.15) is 26.2 Å². The second kappa shape index (κ2) is 6.02. The fourth-order valence-electron chi connectivity index (χ4n) is 2.37. The summed E-state index contributed by atoms with van der Waals surface area (Å²) >= 11 is 0. The monoisotopic (exact) mass is 286 g/mol. The third-order valence-electron chi connectivity index (χ3n) is 3.34. The molecule has 0 amide bonds. The van der Waals surface area contributed by atoms with Crippen molar-refractivity contribution in [2.75, 3.05) is 19.6 Å². The van der Waals surface area contributed by atoms with E-state index in [-0.39, 0.29) is 11.1 Å². The van der Waals surface area contributed by atoms with Crippen LogP contribution < -0.4 is 5.32 Å². The van der Waals surface area contributed by atoms with Gasteiger partial charge in [0.05, 0.1) is 6.33 Å². The number of aromatic nitrogens is 2.